The van der Waals surface area contributed by atoms with Crippen molar-refractivity contribution >= 4 is 54.5 Å². The van der Waals surface area contributed by atoms with Gasteiger partial charge in [-0.2, -0.15) is 4.80 Å². The molecule has 4 rings (SSSR count). The van der Waals surface area contributed by atoms with Crippen LogP contribution < -0.4 is 10.1 Å². The third-order valence-electron chi connectivity index (χ3n) is 4.36. The molecule has 0 aliphatic heterocycles. The average Bonchev–Trinajstić information content (AvgIpc) is 3.11. The summed E-state index contributed by atoms with van der Waals surface area (Å²) >= 11 is 6.82. The molecule has 0 radical (unpaired) electrons. The number of halogens is 2. The van der Waals surface area contributed by atoms with Crippen molar-refractivity contribution in [2.45, 2.75) is 6.92 Å². The summed E-state index contributed by atoms with van der Waals surface area (Å²) in [5, 5.41) is 11.9. The third kappa shape index (κ3) is 4.04. The van der Waals surface area contributed by atoms with Crippen molar-refractivity contribution in [3.63, 3.8) is 0 Å². The Bertz CT molecular complexity index is 1220. The number of anilines is 1. The number of hydrogen-bond acceptors (Lipinski definition) is 4. The van der Waals surface area contributed by atoms with Crippen LogP contribution >= 0.6 is 31.9 Å². The molecule has 0 saturated carbocycles. The summed E-state index contributed by atoms with van der Waals surface area (Å²) in [5.74, 6) is 0.186. The average molecular weight is 516 g/mol. The quantitative estimate of drug-likeness (QED) is 0.389. The highest BCUT2D eigenvalue weighted by atomic mass is 79.9. The van der Waals surface area contributed by atoms with Crippen molar-refractivity contribution in [1.29, 1.82) is 0 Å². The molecular weight excluding hydrogens is 500 g/mol. The van der Waals surface area contributed by atoms with Crippen LogP contribution in [0.4, 0.5) is 5.69 Å². The lowest BCUT2D eigenvalue weighted by atomic mass is 10.1. The lowest BCUT2D eigenvalue weighted by Gasteiger charge is -2.11. The van der Waals surface area contributed by atoms with Crippen LogP contribution in [0.25, 0.3) is 16.7 Å². The fourth-order valence-corrected chi connectivity index (χ4v) is 4.31. The number of methoxy groups -OCH3 is 1. The largest absolute Gasteiger partial charge is 0.495 e. The Balaban J connectivity index is 1.64. The van der Waals surface area contributed by atoms with E-state index in [0.29, 0.717) is 27.0 Å². The van der Waals surface area contributed by atoms with Crippen molar-refractivity contribution in [3.05, 3.63) is 74.7 Å². The zero-order valence-corrected chi connectivity index (χ0v) is 18.8. The van der Waals surface area contributed by atoms with Gasteiger partial charge >= 0.3 is 0 Å². The second-order valence-corrected chi connectivity index (χ2v) is 8.22. The molecule has 4 aromatic rings. The first-order valence-electron chi connectivity index (χ1n) is 8.73. The number of aromatic nitrogens is 3. The van der Waals surface area contributed by atoms with E-state index in [1.165, 1.54) is 12.7 Å². The van der Waals surface area contributed by atoms with Gasteiger partial charge in [-0.3, -0.25) is 4.79 Å². The van der Waals surface area contributed by atoms with Gasteiger partial charge in [0.2, 0.25) is 0 Å². The maximum absolute atomic E-state index is 12.8. The van der Waals surface area contributed by atoms with E-state index in [1.807, 2.05) is 43.3 Å². The van der Waals surface area contributed by atoms with E-state index in [9.17, 15) is 4.79 Å². The Morgan fingerprint density at radius 3 is 2.45 bits per heavy atom. The summed E-state index contributed by atoms with van der Waals surface area (Å²) in [6, 6.07) is 16.9. The minimum absolute atomic E-state index is 0.283. The van der Waals surface area contributed by atoms with Crippen LogP contribution in [0.1, 0.15) is 15.9 Å². The molecule has 1 heterocycles. The van der Waals surface area contributed by atoms with Gasteiger partial charge in [0.25, 0.3) is 5.91 Å². The van der Waals surface area contributed by atoms with Crippen LogP contribution in [0, 0.1) is 6.92 Å². The number of nitrogens with zero attached hydrogens (tertiary/aromatic N) is 3. The Kier molecular flexibility index (Phi) is 5.38. The number of carbonyl (C=O) groups excluding carboxylic acids is 1. The molecular formula is C21H16Br2N4O2. The zero-order valence-electron chi connectivity index (χ0n) is 15.6. The molecule has 0 aliphatic carbocycles. The van der Waals surface area contributed by atoms with E-state index in [1.54, 1.807) is 23.0 Å². The highest BCUT2D eigenvalue weighted by Gasteiger charge is 2.17. The molecule has 1 aromatic heterocycles. The van der Waals surface area contributed by atoms with Crippen LogP contribution in [-0.2, 0) is 0 Å². The molecule has 3 aromatic carbocycles. The predicted octanol–water partition coefficient (Wildman–Crippen LogP) is 5.51. The minimum Gasteiger partial charge on any atom is -0.495 e. The minimum atomic E-state index is -0.283. The zero-order chi connectivity index (χ0) is 20.5. The Morgan fingerprint density at radius 2 is 1.72 bits per heavy atom. The molecule has 0 bridgehead atoms. The molecule has 8 heteroatoms. The molecule has 0 atom stereocenters. The Hall–Kier alpha value is -2.71. The van der Waals surface area contributed by atoms with Gasteiger partial charge in [0, 0.05) is 10.2 Å². The summed E-state index contributed by atoms with van der Waals surface area (Å²) in [6.07, 6.45) is 0. The monoisotopic (exact) mass is 514 g/mol. The normalized spacial score (nSPS) is 10.9. The highest BCUT2D eigenvalue weighted by Crippen LogP contribution is 2.33. The molecule has 1 amide bonds. The van der Waals surface area contributed by atoms with Gasteiger partial charge in [0.15, 0.2) is 0 Å². The van der Waals surface area contributed by atoms with Gasteiger partial charge < -0.3 is 10.1 Å². The van der Waals surface area contributed by atoms with Gasteiger partial charge in [-0.05, 0) is 65.3 Å². The molecule has 0 fully saturated rings. The van der Waals surface area contributed by atoms with Crippen molar-refractivity contribution in [2.75, 3.05) is 12.4 Å². The number of nitrogens with one attached hydrogen (secondary N) is 1. The summed E-state index contributed by atoms with van der Waals surface area (Å²) in [7, 11) is 1.53. The van der Waals surface area contributed by atoms with E-state index in [-0.39, 0.29) is 5.91 Å². The molecule has 0 saturated heterocycles. The van der Waals surface area contributed by atoms with Crippen molar-refractivity contribution in [3.8, 4) is 11.4 Å². The first kappa shape index (κ1) is 19.6. The molecule has 0 aliphatic rings. The molecule has 0 spiro atoms. The predicted molar refractivity (Wildman–Crippen MR) is 120 cm³/mol. The smallest absolute Gasteiger partial charge is 0.259 e. The van der Waals surface area contributed by atoms with Crippen LogP contribution in [-0.4, -0.2) is 28.0 Å². The van der Waals surface area contributed by atoms with Crippen LogP contribution in [0.2, 0.25) is 0 Å². The number of hydrogen-bond donors (Lipinski definition) is 1. The highest BCUT2D eigenvalue weighted by molar-refractivity contribution is 9.11. The van der Waals surface area contributed by atoms with Crippen molar-refractivity contribution in [2.24, 2.45) is 0 Å². The van der Waals surface area contributed by atoms with Crippen molar-refractivity contribution < 1.29 is 9.53 Å². The lowest BCUT2D eigenvalue weighted by molar-refractivity contribution is 0.102. The van der Waals surface area contributed by atoms with Crippen LogP contribution in [0.5, 0.6) is 5.75 Å². The second-order valence-electron chi connectivity index (χ2n) is 6.45. The molecule has 6 nitrogen and oxygen atoms in total. The topological polar surface area (TPSA) is 69.0 Å². The van der Waals surface area contributed by atoms with E-state index in [0.717, 1.165) is 15.7 Å². The number of ether oxygens (including phenoxy) is 1. The fourth-order valence-electron chi connectivity index (χ4n) is 2.92. The van der Waals surface area contributed by atoms with Crippen LogP contribution in [0.15, 0.2) is 63.5 Å². The summed E-state index contributed by atoms with van der Waals surface area (Å²) in [4.78, 5) is 14.4. The summed E-state index contributed by atoms with van der Waals surface area (Å²) in [6.45, 7) is 2.03. The van der Waals surface area contributed by atoms with Gasteiger partial charge in [0.1, 0.15) is 16.8 Å². The Morgan fingerprint density at radius 1 is 1.00 bits per heavy atom. The summed E-state index contributed by atoms with van der Waals surface area (Å²) in [5.41, 5.74) is 4.51. The maximum atomic E-state index is 12.8. The third-order valence-corrected chi connectivity index (χ3v) is 5.41. The first-order chi connectivity index (χ1) is 13.9. The van der Waals surface area contributed by atoms with Gasteiger partial charge in [-0.25, -0.2) is 0 Å². The number of rotatable bonds is 4. The lowest BCUT2D eigenvalue weighted by Crippen LogP contribution is -2.13. The maximum Gasteiger partial charge on any atom is 0.259 e. The number of carbonyl (C=O) groups is 1. The van der Waals surface area contributed by atoms with Gasteiger partial charge in [-0.1, -0.05) is 33.6 Å². The molecule has 29 heavy (non-hydrogen) atoms. The first-order valence-corrected chi connectivity index (χ1v) is 10.3. The standard InChI is InChI=1S/C21H16Br2N4O2/c1-12-3-6-15(7-4-12)27-25-18-8-5-14(11-19(18)26-27)24-21(28)16-9-13(22)10-17(23)20(16)29-2/h3-11H,1-2H3,(H,24,28). The van der Waals surface area contributed by atoms with Crippen LogP contribution in [0.3, 0.4) is 0 Å². The number of benzene rings is 3. The fraction of sp³-hybridized carbons (Fsp3) is 0.0952. The SMILES string of the molecule is COc1c(Br)cc(Br)cc1C(=O)Nc1ccc2nn(-c3ccc(C)cc3)nc2c1. The number of fused-ring (bicyclic) bond motifs is 1. The second kappa shape index (κ2) is 7.96. The molecule has 0 unspecified atom stereocenters. The molecule has 146 valence electrons. The molecule has 1 N–H and O–H groups in total. The summed E-state index contributed by atoms with van der Waals surface area (Å²) < 4.78 is 6.83. The van der Waals surface area contributed by atoms with E-state index < -0.39 is 0 Å². The van der Waals surface area contributed by atoms with E-state index >= 15 is 0 Å². The van der Waals surface area contributed by atoms with Gasteiger partial charge in [-0.15, -0.1) is 10.2 Å². The van der Waals surface area contributed by atoms with E-state index in [4.69, 9.17) is 4.74 Å². The Labute approximate surface area is 184 Å². The van der Waals surface area contributed by atoms with Gasteiger partial charge in [0.05, 0.1) is 22.8 Å². The number of amides is 1. The number of aryl methyl sites for hydroxylation is 1. The van der Waals surface area contributed by atoms with E-state index in [2.05, 4.69) is 47.4 Å². The van der Waals surface area contributed by atoms with Crippen molar-refractivity contribution in [1.82, 2.24) is 15.0 Å².